The summed E-state index contributed by atoms with van der Waals surface area (Å²) in [5.74, 6) is -0.225. The van der Waals surface area contributed by atoms with Gasteiger partial charge >= 0.3 is 0 Å². The highest BCUT2D eigenvalue weighted by molar-refractivity contribution is 8.00. The Hall–Kier alpha value is -3.46. The van der Waals surface area contributed by atoms with Gasteiger partial charge in [-0.3, -0.25) is 19.3 Å². The number of hydrogen-bond donors (Lipinski definition) is 1. The largest absolute Gasteiger partial charge is 0.325 e. The van der Waals surface area contributed by atoms with Crippen molar-refractivity contribution in [3.8, 4) is 0 Å². The summed E-state index contributed by atoms with van der Waals surface area (Å²) in [7, 11) is 0. The van der Waals surface area contributed by atoms with Crippen molar-refractivity contribution in [3.05, 3.63) is 70.3 Å². The summed E-state index contributed by atoms with van der Waals surface area (Å²) < 4.78 is 1.95. The fraction of sp³-hybridized carbons (Fsp3) is 0.150. The Labute approximate surface area is 170 Å². The third kappa shape index (κ3) is 3.64. The van der Waals surface area contributed by atoms with E-state index in [0.29, 0.717) is 10.8 Å². The van der Waals surface area contributed by atoms with Crippen molar-refractivity contribution in [1.29, 1.82) is 0 Å². The number of pyridine rings is 1. The molecule has 4 aromatic rings. The molecule has 2 heterocycles. The zero-order valence-electron chi connectivity index (χ0n) is 15.7. The number of anilines is 1. The van der Waals surface area contributed by atoms with E-state index >= 15 is 0 Å². The van der Waals surface area contributed by atoms with Gasteiger partial charge in [-0.2, -0.15) is 0 Å². The van der Waals surface area contributed by atoms with Gasteiger partial charge in [0.1, 0.15) is 0 Å². The maximum atomic E-state index is 12.6. The molecule has 2 aromatic heterocycles. The van der Waals surface area contributed by atoms with Gasteiger partial charge in [0.2, 0.25) is 5.91 Å². The number of aryl methyl sites for hydroxylation is 1. The van der Waals surface area contributed by atoms with Crippen molar-refractivity contribution in [2.45, 2.75) is 24.3 Å². The molecule has 0 aliphatic heterocycles. The summed E-state index contributed by atoms with van der Waals surface area (Å²) >= 11 is 1.30. The van der Waals surface area contributed by atoms with Crippen LogP contribution in [0.1, 0.15) is 12.5 Å². The lowest BCUT2D eigenvalue weighted by atomic mass is 10.1. The van der Waals surface area contributed by atoms with Crippen LogP contribution < -0.4 is 5.32 Å². The van der Waals surface area contributed by atoms with Crippen LogP contribution >= 0.6 is 11.8 Å². The average molecular weight is 407 g/mol. The standard InChI is InChI=1S/C20H17N5O3S/c1-12-11-18-22-23-20(24(18)17-6-4-3-5-16(12)17)29-13(2)19(26)21-14-7-9-15(10-8-14)25(27)28/h3-11,13H,1-2H3,(H,21,26). The van der Waals surface area contributed by atoms with E-state index in [0.717, 1.165) is 22.1 Å². The van der Waals surface area contributed by atoms with Crippen molar-refractivity contribution < 1.29 is 9.72 Å². The number of nitrogens with one attached hydrogen (secondary N) is 1. The molecule has 8 nitrogen and oxygen atoms in total. The molecule has 0 fully saturated rings. The lowest BCUT2D eigenvalue weighted by Crippen LogP contribution is -2.22. The number of carbonyl (C=O) groups excluding carboxylic acids is 1. The van der Waals surface area contributed by atoms with Gasteiger partial charge in [0, 0.05) is 23.2 Å². The number of para-hydroxylation sites is 1. The van der Waals surface area contributed by atoms with Crippen molar-refractivity contribution in [2.24, 2.45) is 0 Å². The third-order valence-corrected chi connectivity index (χ3v) is 5.61. The number of rotatable bonds is 5. The summed E-state index contributed by atoms with van der Waals surface area (Å²) in [6.07, 6.45) is 0. The summed E-state index contributed by atoms with van der Waals surface area (Å²) in [5.41, 5.74) is 3.30. The highest BCUT2D eigenvalue weighted by Gasteiger charge is 2.20. The number of thioether (sulfide) groups is 1. The number of nitrogens with zero attached hydrogens (tertiary/aromatic N) is 4. The van der Waals surface area contributed by atoms with Crippen LogP contribution in [0.15, 0.2) is 59.8 Å². The second-order valence-electron chi connectivity index (χ2n) is 6.57. The second-order valence-corrected chi connectivity index (χ2v) is 7.88. The molecule has 0 aliphatic rings. The Morgan fingerprint density at radius 1 is 1.17 bits per heavy atom. The first-order valence-electron chi connectivity index (χ1n) is 8.89. The smallest absolute Gasteiger partial charge is 0.269 e. The van der Waals surface area contributed by atoms with Crippen LogP contribution in [0.3, 0.4) is 0 Å². The molecule has 1 atom stereocenters. The van der Waals surface area contributed by atoms with E-state index in [4.69, 9.17) is 0 Å². The first kappa shape index (κ1) is 18.9. The number of hydrogen-bond acceptors (Lipinski definition) is 6. The number of nitro benzene ring substituents is 1. The molecular formula is C20H17N5O3S. The van der Waals surface area contributed by atoms with Crippen LogP contribution in [0.25, 0.3) is 16.6 Å². The molecule has 9 heteroatoms. The summed E-state index contributed by atoms with van der Waals surface area (Å²) in [5, 5.41) is 23.3. The van der Waals surface area contributed by atoms with E-state index in [9.17, 15) is 14.9 Å². The Balaban J connectivity index is 1.57. The van der Waals surface area contributed by atoms with E-state index in [2.05, 4.69) is 15.5 Å². The molecule has 1 N–H and O–H groups in total. The van der Waals surface area contributed by atoms with E-state index < -0.39 is 10.2 Å². The van der Waals surface area contributed by atoms with Crippen molar-refractivity contribution in [3.63, 3.8) is 0 Å². The van der Waals surface area contributed by atoms with Gasteiger partial charge in [-0.1, -0.05) is 30.0 Å². The molecular weight excluding hydrogens is 390 g/mol. The van der Waals surface area contributed by atoms with Gasteiger partial charge in [0.15, 0.2) is 10.8 Å². The summed E-state index contributed by atoms with van der Waals surface area (Å²) in [4.78, 5) is 22.8. The second kappa shape index (κ2) is 7.51. The van der Waals surface area contributed by atoms with Crippen LogP contribution in [0, 0.1) is 17.0 Å². The zero-order valence-corrected chi connectivity index (χ0v) is 16.5. The van der Waals surface area contributed by atoms with Gasteiger partial charge in [-0.05, 0) is 43.7 Å². The molecule has 0 spiro atoms. The van der Waals surface area contributed by atoms with Crippen molar-refractivity contribution in [2.75, 3.05) is 5.32 Å². The Bertz CT molecular complexity index is 1240. The zero-order chi connectivity index (χ0) is 20.5. The number of nitro groups is 1. The minimum Gasteiger partial charge on any atom is -0.325 e. The predicted octanol–water partition coefficient (Wildman–Crippen LogP) is 4.22. The lowest BCUT2D eigenvalue weighted by Gasteiger charge is -2.12. The number of fused-ring (bicyclic) bond motifs is 3. The molecule has 4 rings (SSSR count). The van der Waals surface area contributed by atoms with Crippen molar-refractivity contribution >= 4 is 45.6 Å². The van der Waals surface area contributed by atoms with Crippen LogP contribution in [-0.2, 0) is 4.79 Å². The van der Waals surface area contributed by atoms with E-state index in [1.54, 1.807) is 6.92 Å². The Morgan fingerprint density at radius 2 is 1.90 bits per heavy atom. The maximum Gasteiger partial charge on any atom is 0.269 e. The third-order valence-electron chi connectivity index (χ3n) is 4.57. The van der Waals surface area contributed by atoms with Crippen LogP contribution in [-0.4, -0.2) is 30.7 Å². The first-order chi connectivity index (χ1) is 13.9. The molecule has 146 valence electrons. The predicted molar refractivity (Wildman–Crippen MR) is 112 cm³/mol. The van der Waals surface area contributed by atoms with Gasteiger partial charge in [-0.15, -0.1) is 10.2 Å². The molecule has 0 saturated heterocycles. The monoisotopic (exact) mass is 407 g/mol. The van der Waals surface area contributed by atoms with E-state index in [1.165, 1.54) is 36.0 Å². The molecule has 1 amide bonds. The molecule has 1 unspecified atom stereocenters. The molecule has 29 heavy (non-hydrogen) atoms. The van der Waals surface area contributed by atoms with Gasteiger partial charge in [-0.25, -0.2) is 0 Å². The van der Waals surface area contributed by atoms with E-state index in [1.807, 2.05) is 41.7 Å². The van der Waals surface area contributed by atoms with E-state index in [-0.39, 0.29) is 11.6 Å². The SMILES string of the molecule is Cc1cc2nnc(SC(C)C(=O)Nc3ccc([N+](=O)[O-])cc3)n2c2ccccc12. The minimum atomic E-state index is -0.480. The summed E-state index contributed by atoms with van der Waals surface area (Å²) in [6, 6.07) is 15.7. The Morgan fingerprint density at radius 3 is 2.62 bits per heavy atom. The van der Waals surface area contributed by atoms with Gasteiger partial charge < -0.3 is 5.32 Å². The number of carbonyl (C=O) groups is 1. The number of aromatic nitrogens is 3. The van der Waals surface area contributed by atoms with Crippen LogP contribution in [0.2, 0.25) is 0 Å². The molecule has 0 bridgehead atoms. The van der Waals surface area contributed by atoms with Crippen LogP contribution in [0.4, 0.5) is 11.4 Å². The van der Waals surface area contributed by atoms with Crippen LogP contribution in [0.5, 0.6) is 0 Å². The fourth-order valence-corrected chi connectivity index (χ4v) is 3.94. The topological polar surface area (TPSA) is 102 Å². The number of non-ortho nitro benzene ring substituents is 1. The van der Waals surface area contributed by atoms with Gasteiger partial charge in [0.25, 0.3) is 5.69 Å². The number of amides is 1. The highest BCUT2D eigenvalue weighted by Crippen LogP contribution is 2.28. The molecule has 0 saturated carbocycles. The normalized spacial score (nSPS) is 12.2. The van der Waals surface area contributed by atoms with Crippen molar-refractivity contribution in [1.82, 2.24) is 14.6 Å². The quantitative estimate of drug-likeness (QED) is 0.302. The molecule has 2 aromatic carbocycles. The maximum absolute atomic E-state index is 12.6. The summed E-state index contributed by atoms with van der Waals surface area (Å²) in [6.45, 7) is 3.81. The molecule has 0 aliphatic carbocycles. The lowest BCUT2D eigenvalue weighted by molar-refractivity contribution is -0.384. The highest BCUT2D eigenvalue weighted by atomic mass is 32.2. The fourth-order valence-electron chi connectivity index (χ4n) is 3.07. The van der Waals surface area contributed by atoms with Gasteiger partial charge in [0.05, 0.1) is 15.7 Å². The number of benzene rings is 2. The first-order valence-corrected chi connectivity index (χ1v) is 9.77. The Kier molecular flexibility index (Phi) is 4.89. The average Bonchev–Trinajstić information content (AvgIpc) is 3.11. The minimum absolute atomic E-state index is 0.0254. The molecule has 0 radical (unpaired) electrons.